The van der Waals surface area contributed by atoms with E-state index in [9.17, 15) is 13.7 Å². The fraction of sp³-hybridized carbons (Fsp3) is 0.435. The zero-order chi connectivity index (χ0) is 23.6. The second-order valence-corrected chi connectivity index (χ2v) is 11.0. The number of aromatic nitrogens is 2. The number of fused-ring (bicyclic) bond motifs is 1. The number of allylic oxidation sites excluding steroid dienone is 2. The van der Waals surface area contributed by atoms with Crippen LogP contribution in [0.5, 0.6) is 0 Å². The minimum absolute atomic E-state index is 0.0342. The van der Waals surface area contributed by atoms with E-state index in [0.29, 0.717) is 30.7 Å². The summed E-state index contributed by atoms with van der Waals surface area (Å²) in [6, 6.07) is 7.68. The Morgan fingerprint density at radius 3 is 2.94 bits per heavy atom. The molecule has 0 spiro atoms. The highest BCUT2D eigenvalue weighted by Gasteiger charge is 2.29. The number of rotatable bonds is 8. The number of ether oxygens (including phenoxy) is 1. The molecule has 2 aliphatic rings. The lowest BCUT2D eigenvalue weighted by Crippen LogP contribution is -2.30. The van der Waals surface area contributed by atoms with E-state index < -0.39 is 16.6 Å². The van der Waals surface area contributed by atoms with E-state index in [4.69, 9.17) is 14.8 Å². The molecule has 174 valence electrons. The molecule has 2 aromatic rings. The summed E-state index contributed by atoms with van der Waals surface area (Å²) < 4.78 is 37.3. The third kappa shape index (κ3) is 5.23. The van der Waals surface area contributed by atoms with Gasteiger partial charge in [0.2, 0.25) is 10.0 Å². The van der Waals surface area contributed by atoms with E-state index in [2.05, 4.69) is 15.2 Å². The highest BCUT2D eigenvalue weighted by atomic mass is 32.2. The molecule has 2 aliphatic carbocycles. The molecule has 8 nitrogen and oxygen atoms in total. The summed E-state index contributed by atoms with van der Waals surface area (Å²) in [4.78, 5) is 4.74. The first-order valence-electron chi connectivity index (χ1n) is 10.9. The van der Waals surface area contributed by atoms with Gasteiger partial charge < -0.3 is 9.84 Å². The minimum atomic E-state index is -3.55. The molecule has 4 rings (SSSR count). The van der Waals surface area contributed by atoms with Crippen molar-refractivity contribution in [2.24, 2.45) is 0 Å². The lowest BCUT2D eigenvalue weighted by molar-refractivity contribution is 0.0327. The van der Waals surface area contributed by atoms with E-state index in [1.807, 2.05) is 44.2 Å². The number of nitrogens with zero attached hydrogens (tertiary/aromatic N) is 3. The predicted molar refractivity (Wildman–Crippen MR) is 127 cm³/mol. The fourth-order valence-corrected chi connectivity index (χ4v) is 5.95. The molecule has 33 heavy (non-hydrogen) atoms. The number of nitrogens with one attached hydrogen (secondary N) is 1. The van der Waals surface area contributed by atoms with Gasteiger partial charge in [-0.05, 0) is 61.8 Å². The highest BCUT2D eigenvalue weighted by molar-refractivity contribution is 7.89. The van der Waals surface area contributed by atoms with Crippen LogP contribution in [0.15, 0.2) is 35.9 Å². The van der Waals surface area contributed by atoms with Gasteiger partial charge in [-0.25, -0.2) is 18.1 Å². The first-order valence-corrected chi connectivity index (χ1v) is 13.3. The predicted octanol–water partition coefficient (Wildman–Crippen LogP) is 3.13. The third-order valence-electron chi connectivity index (χ3n) is 5.64. The van der Waals surface area contributed by atoms with Crippen LogP contribution in [0, 0.1) is 11.3 Å². The Hall–Kier alpha value is -2.42. The molecular weight excluding hydrogens is 460 g/mol. The largest absolute Gasteiger partial charge is 0.395 e. The van der Waals surface area contributed by atoms with Gasteiger partial charge in [0.05, 0.1) is 36.2 Å². The summed E-state index contributed by atoms with van der Waals surface area (Å²) in [5.41, 5.74) is 4.29. The zero-order valence-electron chi connectivity index (χ0n) is 18.5. The van der Waals surface area contributed by atoms with Crippen LogP contribution < -0.4 is 4.72 Å². The molecule has 2 atom stereocenters. The Morgan fingerprint density at radius 1 is 1.39 bits per heavy atom. The molecule has 0 saturated heterocycles. The summed E-state index contributed by atoms with van der Waals surface area (Å²) in [6.07, 6.45) is 5.61. The molecule has 1 aromatic carbocycles. The van der Waals surface area contributed by atoms with Gasteiger partial charge in [0.15, 0.2) is 5.82 Å². The van der Waals surface area contributed by atoms with Crippen LogP contribution in [0.4, 0.5) is 0 Å². The van der Waals surface area contributed by atoms with Crippen molar-refractivity contribution < 1.29 is 18.3 Å². The van der Waals surface area contributed by atoms with Crippen molar-refractivity contribution in [3.8, 4) is 17.5 Å². The zero-order valence-corrected chi connectivity index (χ0v) is 20.1. The number of hydrogen-bond donors (Lipinski definition) is 2. The maximum absolute atomic E-state index is 12.1. The molecule has 0 bridgehead atoms. The van der Waals surface area contributed by atoms with Gasteiger partial charge in [0, 0.05) is 17.2 Å². The maximum atomic E-state index is 12.1. The number of hydrogen-bond acceptors (Lipinski definition) is 8. The second-order valence-electron chi connectivity index (χ2n) is 8.33. The summed E-state index contributed by atoms with van der Waals surface area (Å²) in [7, 11) is -3.55. The van der Waals surface area contributed by atoms with Gasteiger partial charge in [-0.1, -0.05) is 24.3 Å². The second kappa shape index (κ2) is 9.83. The topological polar surface area (TPSA) is 125 Å². The lowest BCUT2D eigenvalue weighted by Gasteiger charge is -2.21. The number of aliphatic hydroxyl groups is 1. The molecule has 1 aromatic heterocycles. The van der Waals surface area contributed by atoms with Gasteiger partial charge in [-0.2, -0.15) is 9.64 Å². The Balaban J connectivity index is 1.58. The lowest BCUT2D eigenvalue weighted by atomic mass is 9.97. The molecule has 2 N–H and O–H groups in total. The Bertz CT molecular complexity index is 1240. The summed E-state index contributed by atoms with van der Waals surface area (Å²) in [5, 5.41) is 19.3. The van der Waals surface area contributed by atoms with Crippen LogP contribution >= 0.6 is 11.5 Å². The normalized spacial score (nSPS) is 20.3. The van der Waals surface area contributed by atoms with E-state index >= 15 is 0 Å². The van der Waals surface area contributed by atoms with Crippen molar-refractivity contribution >= 4 is 27.1 Å². The Morgan fingerprint density at radius 2 is 2.21 bits per heavy atom. The Kier molecular flexibility index (Phi) is 7.07. The fourth-order valence-electron chi connectivity index (χ4n) is 4.22. The number of sulfonamides is 1. The molecule has 0 aliphatic heterocycles. The van der Waals surface area contributed by atoms with Crippen LogP contribution in [0.1, 0.15) is 48.9 Å². The molecule has 0 fully saturated rings. The first-order chi connectivity index (χ1) is 15.8. The van der Waals surface area contributed by atoms with Crippen LogP contribution in [0.25, 0.3) is 17.0 Å². The van der Waals surface area contributed by atoms with Crippen molar-refractivity contribution in [1.29, 1.82) is 5.26 Å². The van der Waals surface area contributed by atoms with Crippen molar-refractivity contribution in [2.75, 3.05) is 12.4 Å². The summed E-state index contributed by atoms with van der Waals surface area (Å²) >= 11 is 1.28. The van der Waals surface area contributed by atoms with Gasteiger partial charge in [-0.15, -0.1) is 0 Å². The number of benzene rings is 1. The van der Waals surface area contributed by atoms with Crippen LogP contribution in [0.2, 0.25) is 0 Å². The van der Waals surface area contributed by atoms with Crippen molar-refractivity contribution in [2.45, 2.75) is 51.4 Å². The molecule has 1 heterocycles. The van der Waals surface area contributed by atoms with Crippen LogP contribution in [-0.2, 0) is 21.2 Å². The average molecular weight is 487 g/mol. The van der Waals surface area contributed by atoms with E-state index in [0.717, 1.165) is 27.3 Å². The quantitative estimate of drug-likeness (QED) is 0.587. The number of nitriles is 1. The average Bonchev–Trinajstić information content (AvgIpc) is 3.41. The van der Waals surface area contributed by atoms with E-state index in [1.54, 1.807) is 0 Å². The molecule has 0 amide bonds. The molecule has 0 radical (unpaired) electrons. The minimum Gasteiger partial charge on any atom is -0.395 e. The maximum Gasteiger partial charge on any atom is 0.214 e. The monoisotopic (exact) mass is 486 g/mol. The van der Waals surface area contributed by atoms with Gasteiger partial charge in [0.1, 0.15) is 5.01 Å². The number of aliphatic hydroxyl groups excluding tert-OH is 1. The SMILES string of the molecule is CC(C)OC1CC=C(c2nc(-c3cccc4c3CC[C@@H]4NS(=O)(=O)CCO)ns2)C=C1C#N. The van der Waals surface area contributed by atoms with Crippen LogP contribution in [0.3, 0.4) is 0 Å². The third-order valence-corrected chi connectivity index (χ3v) is 7.77. The smallest absolute Gasteiger partial charge is 0.214 e. The molecule has 0 saturated carbocycles. The molecular formula is C23H26N4O4S2. The summed E-state index contributed by atoms with van der Waals surface area (Å²) in [5.74, 6) is 0.283. The standard InChI is InChI=1S/C23H26N4O4S2/c1-14(2)31-21-9-6-15(12-16(21)13-24)23-25-22(26-32-23)19-5-3-4-18-17(19)7-8-20(18)27-33(29,30)11-10-28/h3-6,12,14,20-21,27-28H,7-11H2,1-2H3/t20-,21?/m0/s1. The van der Waals surface area contributed by atoms with Gasteiger partial charge in [0.25, 0.3) is 0 Å². The Labute approximate surface area is 197 Å². The van der Waals surface area contributed by atoms with Gasteiger partial charge >= 0.3 is 0 Å². The van der Waals surface area contributed by atoms with Gasteiger partial charge in [-0.3, -0.25) is 0 Å². The van der Waals surface area contributed by atoms with E-state index in [1.165, 1.54) is 11.5 Å². The van der Waals surface area contributed by atoms with Crippen molar-refractivity contribution in [1.82, 2.24) is 14.1 Å². The van der Waals surface area contributed by atoms with Crippen molar-refractivity contribution in [3.63, 3.8) is 0 Å². The molecule has 1 unspecified atom stereocenters. The molecule has 10 heteroatoms. The van der Waals surface area contributed by atoms with Crippen molar-refractivity contribution in [3.05, 3.63) is 52.1 Å². The summed E-state index contributed by atoms with van der Waals surface area (Å²) in [6.45, 7) is 3.49. The first kappa shape index (κ1) is 23.7. The van der Waals surface area contributed by atoms with E-state index in [-0.39, 0.29) is 24.0 Å². The van der Waals surface area contributed by atoms with Crippen LogP contribution in [-0.4, -0.2) is 47.4 Å². The highest BCUT2D eigenvalue weighted by Crippen LogP contribution is 2.38.